The molecule has 0 unspecified atom stereocenters. The van der Waals surface area contributed by atoms with Crippen LogP contribution in [0.15, 0.2) is 47.4 Å². The molecule has 0 saturated heterocycles. The van der Waals surface area contributed by atoms with Crippen LogP contribution in [0.25, 0.3) is 0 Å². The van der Waals surface area contributed by atoms with E-state index in [0.717, 1.165) is 0 Å². The Hall–Kier alpha value is -2.89. The van der Waals surface area contributed by atoms with Gasteiger partial charge in [0.25, 0.3) is 11.5 Å². The van der Waals surface area contributed by atoms with E-state index in [1.807, 2.05) is 0 Å². The molecule has 1 heterocycles. The molecule has 2 amide bonds. The maximum absolute atomic E-state index is 12.0. The standard InChI is InChI=1S/C17H19N3O3/c1-12-5-4-10-20(16(12)22)11-15(21)18-14-8-6-13(7-9-14)17(23)19(2)3/h4-10H,11H2,1-3H3,(H,18,21). The van der Waals surface area contributed by atoms with Crippen molar-refractivity contribution in [1.29, 1.82) is 0 Å². The van der Waals surface area contributed by atoms with E-state index in [1.165, 1.54) is 9.47 Å². The van der Waals surface area contributed by atoms with Crippen molar-refractivity contribution in [2.45, 2.75) is 13.5 Å². The molecule has 2 rings (SSSR count). The first kappa shape index (κ1) is 16.5. The number of carbonyl (C=O) groups is 2. The molecule has 6 nitrogen and oxygen atoms in total. The van der Waals surface area contributed by atoms with Crippen LogP contribution in [0.5, 0.6) is 0 Å². The number of hydrogen-bond donors (Lipinski definition) is 1. The Kier molecular flexibility index (Phi) is 4.95. The minimum absolute atomic E-state index is 0.0567. The number of aromatic nitrogens is 1. The van der Waals surface area contributed by atoms with E-state index in [4.69, 9.17) is 0 Å². The topological polar surface area (TPSA) is 71.4 Å². The maximum Gasteiger partial charge on any atom is 0.253 e. The number of anilines is 1. The third-order valence-corrected chi connectivity index (χ3v) is 3.35. The van der Waals surface area contributed by atoms with Gasteiger partial charge in [0.05, 0.1) is 0 Å². The highest BCUT2D eigenvalue weighted by molar-refractivity contribution is 5.95. The van der Waals surface area contributed by atoms with Gasteiger partial charge in [-0.2, -0.15) is 0 Å². The highest BCUT2D eigenvalue weighted by Gasteiger charge is 2.09. The molecule has 2 aromatic rings. The summed E-state index contributed by atoms with van der Waals surface area (Å²) in [5.74, 6) is -0.404. The van der Waals surface area contributed by atoms with E-state index in [-0.39, 0.29) is 23.9 Å². The fraction of sp³-hybridized carbons (Fsp3) is 0.235. The monoisotopic (exact) mass is 313 g/mol. The predicted octanol–water partition coefficient (Wildman–Crippen LogP) is 1.50. The van der Waals surface area contributed by atoms with E-state index < -0.39 is 0 Å². The van der Waals surface area contributed by atoms with Crippen molar-refractivity contribution < 1.29 is 9.59 Å². The molecule has 0 fully saturated rings. The summed E-state index contributed by atoms with van der Waals surface area (Å²) in [5, 5.41) is 2.71. The van der Waals surface area contributed by atoms with Crippen molar-refractivity contribution >= 4 is 17.5 Å². The summed E-state index contributed by atoms with van der Waals surface area (Å²) in [7, 11) is 3.36. The van der Waals surface area contributed by atoms with Crippen LogP contribution in [-0.4, -0.2) is 35.4 Å². The summed E-state index contributed by atoms with van der Waals surface area (Å²) in [4.78, 5) is 37.2. The number of carbonyl (C=O) groups excluding carboxylic acids is 2. The molecule has 1 aromatic heterocycles. The molecule has 0 bridgehead atoms. The molecule has 1 N–H and O–H groups in total. The Morgan fingerprint density at radius 1 is 1.13 bits per heavy atom. The van der Waals surface area contributed by atoms with Crippen LogP contribution in [0.1, 0.15) is 15.9 Å². The molecule has 0 atom stereocenters. The van der Waals surface area contributed by atoms with E-state index in [9.17, 15) is 14.4 Å². The van der Waals surface area contributed by atoms with Crippen LogP contribution in [0, 0.1) is 6.92 Å². The van der Waals surface area contributed by atoms with Crippen molar-refractivity contribution in [1.82, 2.24) is 9.47 Å². The zero-order valence-corrected chi connectivity index (χ0v) is 13.4. The lowest BCUT2D eigenvalue weighted by molar-refractivity contribution is -0.116. The molecule has 0 aliphatic carbocycles. The Morgan fingerprint density at radius 3 is 2.39 bits per heavy atom. The Balaban J connectivity index is 2.04. The molecule has 0 spiro atoms. The fourth-order valence-electron chi connectivity index (χ4n) is 2.09. The molecular weight excluding hydrogens is 294 g/mol. The molecule has 6 heteroatoms. The average Bonchev–Trinajstić information content (AvgIpc) is 2.52. The van der Waals surface area contributed by atoms with Gasteiger partial charge in [-0.1, -0.05) is 6.07 Å². The van der Waals surface area contributed by atoms with Gasteiger partial charge in [-0.3, -0.25) is 14.4 Å². The molecule has 23 heavy (non-hydrogen) atoms. The first-order chi connectivity index (χ1) is 10.9. The third kappa shape index (κ3) is 4.06. The molecule has 0 aliphatic heterocycles. The van der Waals surface area contributed by atoms with Gasteiger partial charge in [0, 0.05) is 37.1 Å². The van der Waals surface area contributed by atoms with Crippen LogP contribution in [0.4, 0.5) is 5.69 Å². The smallest absolute Gasteiger partial charge is 0.253 e. The number of amides is 2. The fourth-order valence-corrected chi connectivity index (χ4v) is 2.09. The lowest BCUT2D eigenvalue weighted by Gasteiger charge is -2.11. The summed E-state index contributed by atoms with van der Waals surface area (Å²) in [6.45, 7) is 1.65. The van der Waals surface area contributed by atoms with Crippen molar-refractivity contribution in [3.8, 4) is 0 Å². The normalized spacial score (nSPS) is 10.2. The van der Waals surface area contributed by atoms with Gasteiger partial charge in [0.1, 0.15) is 6.54 Å². The van der Waals surface area contributed by atoms with E-state index in [0.29, 0.717) is 16.8 Å². The molecule has 120 valence electrons. The minimum Gasteiger partial charge on any atom is -0.345 e. The SMILES string of the molecule is Cc1cccn(CC(=O)Nc2ccc(C(=O)N(C)C)cc2)c1=O. The number of benzene rings is 1. The molecule has 1 aromatic carbocycles. The maximum atomic E-state index is 12.0. The summed E-state index contributed by atoms with van der Waals surface area (Å²) in [6.07, 6.45) is 1.58. The van der Waals surface area contributed by atoms with Crippen LogP contribution in [-0.2, 0) is 11.3 Å². The van der Waals surface area contributed by atoms with Gasteiger partial charge >= 0.3 is 0 Å². The third-order valence-electron chi connectivity index (χ3n) is 3.35. The average molecular weight is 313 g/mol. The van der Waals surface area contributed by atoms with Crippen LogP contribution >= 0.6 is 0 Å². The van der Waals surface area contributed by atoms with Crippen molar-refractivity contribution in [2.24, 2.45) is 0 Å². The molecule has 0 saturated carbocycles. The quantitative estimate of drug-likeness (QED) is 0.930. The van der Waals surface area contributed by atoms with Gasteiger partial charge in [0.2, 0.25) is 5.91 Å². The highest BCUT2D eigenvalue weighted by atomic mass is 16.2. The van der Waals surface area contributed by atoms with E-state index in [2.05, 4.69) is 5.32 Å². The number of aryl methyl sites for hydroxylation is 1. The second-order valence-electron chi connectivity index (χ2n) is 5.45. The zero-order valence-electron chi connectivity index (χ0n) is 13.4. The number of pyridine rings is 1. The summed E-state index contributed by atoms with van der Waals surface area (Å²) in [6, 6.07) is 10.1. The number of hydrogen-bond acceptors (Lipinski definition) is 3. The predicted molar refractivity (Wildman–Crippen MR) is 88.5 cm³/mol. The first-order valence-corrected chi connectivity index (χ1v) is 7.16. The van der Waals surface area contributed by atoms with Crippen LogP contribution in [0.3, 0.4) is 0 Å². The number of nitrogens with zero attached hydrogens (tertiary/aromatic N) is 2. The van der Waals surface area contributed by atoms with Crippen LogP contribution < -0.4 is 10.9 Å². The highest BCUT2D eigenvalue weighted by Crippen LogP contribution is 2.11. The lowest BCUT2D eigenvalue weighted by Crippen LogP contribution is -2.28. The van der Waals surface area contributed by atoms with Gasteiger partial charge in [-0.05, 0) is 37.3 Å². The summed E-state index contributed by atoms with van der Waals surface area (Å²) in [5.41, 5.74) is 1.52. The minimum atomic E-state index is -0.301. The molecule has 0 radical (unpaired) electrons. The van der Waals surface area contributed by atoms with Gasteiger partial charge in [-0.15, -0.1) is 0 Å². The van der Waals surface area contributed by atoms with Gasteiger partial charge in [0.15, 0.2) is 0 Å². The second-order valence-corrected chi connectivity index (χ2v) is 5.45. The Labute approximate surface area is 134 Å². The van der Waals surface area contributed by atoms with Crippen LogP contribution in [0.2, 0.25) is 0 Å². The summed E-state index contributed by atoms with van der Waals surface area (Å²) >= 11 is 0. The summed E-state index contributed by atoms with van der Waals surface area (Å²) < 4.78 is 1.36. The Bertz CT molecular complexity index is 776. The number of rotatable bonds is 4. The molecular formula is C17H19N3O3. The first-order valence-electron chi connectivity index (χ1n) is 7.16. The van der Waals surface area contributed by atoms with E-state index >= 15 is 0 Å². The molecule has 0 aliphatic rings. The van der Waals surface area contributed by atoms with Crippen molar-refractivity contribution in [3.05, 3.63) is 64.1 Å². The Morgan fingerprint density at radius 2 is 1.78 bits per heavy atom. The van der Waals surface area contributed by atoms with Gasteiger partial charge < -0.3 is 14.8 Å². The van der Waals surface area contributed by atoms with Crippen molar-refractivity contribution in [3.63, 3.8) is 0 Å². The second kappa shape index (κ2) is 6.91. The zero-order chi connectivity index (χ0) is 17.0. The van der Waals surface area contributed by atoms with Crippen molar-refractivity contribution in [2.75, 3.05) is 19.4 Å². The van der Waals surface area contributed by atoms with Gasteiger partial charge in [-0.25, -0.2) is 0 Å². The van der Waals surface area contributed by atoms with E-state index in [1.54, 1.807) is 63.6 Å². The largest absolute Gasteiger partial charge is 0.345 e. The lowest BCUT2D eigenvalue weighted by atomic mass is 10.2. The number of nitrogens with one attached hydrogen (secondary N) is 1.